The molecule has 0 aliphatic rings. The molecule has 0 bridgehead atoms. The largest absolute Gasteiger partial charge is 0.476 e. The van der Waals surface area contributed by atoms with Gasteiger partial charge in [0.25, 0.3) is 5.92 Å². The Bertz CT molecular complexity index is 695. The molecule has 0 saturated heterocycles. The van der Waals surface area contributed by atoms with Gasteiger partial charge in [-0.15, -0.1) is 0 Å². The molecule has 0 aliphatic carbocycles. The molecular weight excluding hydrogens is 308 g/mol. The molecule has 0 spiro atoms. The van der Waals surface area contributed by atoms with Crippen molar-refractivity contribution in [1.82, 2.24) is 15.1 Å². The zero-order valence-electron chi connectivity index (χ0n) is 12.2. The van der Waals surface area contributed by atoms with E-state index in [1.54, 1.807) is 18.2 Å². The van der Waals surface area contributed by atoms with E-state index in [-0.39, 0.29) is 17.8 Å². The number of aromatic nitrogens is 2. The van der Waals surface area contributed by atoms with Crippen molar-refractivity contribution < 1.29 is 23.5 Å². The van der Waals surface area contributed by atoms with Gasteiger partial charge in [-0.2, -0.15) is 5.10 Å². The van der Waals surface area contributed by atoms with Crippen LogP contribution in [-0.4, -0.2) is 32.7 Å². The Kier molecular flexibility index (Phi) is 4.73. The molecule has 2 rings (SSSR count). The number of benzene rings is 1. The summed E-state index contributed by atoms with van der Waals surface area (Å²) in [7, 11) is 0. The smallest absolute Gasteiger partial charge is 0.356 e. The Labute approximate surface area is 130 Å². The molecule has 2 aromatic rings. The van der Waals surface area contributed by atoms with Crippen molar-refractivity contribution in [1.29, 1.82) is 0 Å². The Morgan fingerprint density at radius 3 is 2.48 bits per heavy atom. The van der Waals surface area contributed by atoms with Crippen LogP contribution in [0.2, 0.25) is 0 Å². The predicted octanol–water partition coefficient (Wildman–Crippen LogP) is 2.09. The second kappa shape index (κ2) is 6.55. The van der Waals surface area contributed by atoms with Crippen molar-refractivity contribution in [3.63, 3.8) is 0 Å². The van der Waals surface area contributed by atoms with Gasteiger partial charge < -0.3 is 10.4 Å². The summed E-state index contributed by atoms with van der Waals surface area (Å²) in [6, 6.07) is 7.63. The summed E-state index contributed by atoms with van der Waals surface area (Å²) in [4.78, 5) is 22.7. The number of halogens is 2. The summed E-state index contributed by atoms with van der Waals surface area (Å²) in [6.07, 6.45) is 1.30. The maximum atomic E-state index is 13.8. The van der Waals surface area contributed by atoms with E-state index in [0.29, 0.717) is 0 Å². The number of aromatic carboxylic acids is 1. The SMILES string of the molecule is CC(F)(F)C(NC(=O)Cn1ccc(C(=O)O)n1)c1ccccc1. The van der Waals surface area contributed by atoms with Crippen LogP contribution in [0.1, 0.15) is 29.0 Å². The predicted molar refractivity (Wildman–Crippen MR) is 77.1 cm³/mol. The Hall–Kier alpha value is -2.77. The Morgan fingerprint density at radius 1 is 1.30 bits per heavy atom. The van der Waals surface area contributed by atoms with Gasteiger partial charge in [0.1, 0.15) is 12.6 Å². The zero-order chi connectivity index (χ0) is 17.0. The summed E-state index contributed by atoms with van der Waals surface area (Å²) in [5, 5.41) is 14.7. The van der Waals surface area contributed by atoms with Crippen LogP contribution >= 0.6 is 0 Å². The average molecular weight is 323 g/mol. The van der Waals surface area contributed by atoms with E-state index < -0.39 is 23.8 Å². The topological polar surface area (TPSA) is 84.2 Å². The minimum Gasteiger partial charge on any atom is -0.476 e. The molecular formula is C15H15F2N3O3. The fourth-order valence-corrected chi connectivity index (χ4v) is 2.07. The first-order valence-corrected chi connectivity index (χ1v) is 6.76. The van der Waals surface area contributed by atoms with Crippen LogP contribution in [0.4, 0.5) is 8.78 Å². The molecule has 6 nitrogen and oxygen atoms in total. The molecule has 1 unspecified atom stereocenters. The molecule has 0 aliphatic heterocycles. The first kappa shape index (κ1) is 16.6. The summed E-state index contributed by atoms with van der Waals surface area (Å²) >= 11 is 0. The van der Waals surface area contributed by atoms with Crippen molar-refractivity contribution >= 4 is 11.9 Å². The van der Waals surface area contributed by atoms with Gasteiger partial charge >= 0.3 is 5.97 Å². The molecule has 0 radical (unpaired) electrons. The fourth-order valence-electron chi connectivity index (χ4n) is 2.07. The molecule has 23 heavy (non-hydrogen) atoms. The first-order valence-electron chi connectivity index (χ1n) is 6.76. The zero-order valence-corrected chi connectivity index (χ0v) is 12.2. The van der Waals surface area contributed by atoms with Gasteiger partial charge in [-0.25, -0.2) is 13.6 Å². The van der Waals surface area contributed by atoms with Crippen molar-refractivity contribution in [2.24, 2.45) is 0 Å². The van der Waals surface area contributed by atoms with Crippen molar-refractivity contribution in [2.45, 2.75) is 25.4 Å². The normalized spacial score (nSPS) is 12.7. The van der Waals surface area contributed by atoms with Gasteiger partial charge in [-0.05, 0) is 11.6 Å². The number of alkyl halides is 2. The maximum Gasteiger partial charge on any atom is 0.356 e. The second-order valence-corrected chi connectivity index (χ2v) is 5.07. The number of amides is 1. The van der Waals surface area contributed by atoms with Crippen LogP contribution in [0.5, 0.6) is 0 Å². The quantitative estimate of drug-likeness (QED) is 0.852. The van der Waals surface area contributed by atoms with E-state index in [9.17, 15) is 18.4 Å². The maximum absolute atomic E-state index is 13.8. The van der Waals surface area contributed by atoms with Crippen LogP contribution in [-0.2, 0) is 11.3 Å². The number of nitrogens with zero attached hydrogens (tertiary/aromatic N) is 2. The highest BCUT2D eigenvalue weighted by molar-refractivity contribution is 5.85. The number of nitrogens with one attached hydrogen (secondary N) is 1. The molecule has 1 atom stereocenters. The molecule has 1 heterocycles. The van der Waals surface area contributed by atoms with E-state index in [1.165, 1.54) is 24.4 Å². The number of rotatable bonds is 6. The lowest BCUT2D eigenvalue weighted by Gasteiger charge is -2.25. The average Bonchev–Trinajstić information content (AvgIpc) is 2.93. The molecule has 122 valence electrons. The lowest BCUT2D eigenvalue weighted by Crippen LogP contribution is -2.40. The number of carboxylic acids is 1. The highest BCUT2D eigenvalue weighted by atomic mass is 19.3. The summed E-state index contributed by atoms with van der Waals surface area (Å²) in [5.74, 6) is -5.08. The van der Waals surface area contributed by atoms with Crippen LogP contribution < -0.4 is 5.32 Å². The van der Waals surface area contributed by atoms with Crippen molar-refractivity contribution in [2.75, 3.05) is 0 Å². The minimum absolute atomic E-state index is 0.224. The van der Waals surface area contributed by atoms with Crippen molar-refractivity contribution in [3.8, 4) is 0 Å². The second-order valence-electron chi connectivity index (χ2n) is 5.07. The molecule has 1 aromatic heterocycles. The highest BCUT2D eigenvalue weighted by Gasteiger charge is 2.36. The Morgan fingerprint density at radius 2 is 1.96 bits per heavy atom. The third-order valence-corrected chi connectivity index (χ3v) is 3.11. The van der Waals surface area contributed by atoms with E-state index >= 15 is 0 Å². The van der Waals surface area contributed by atoms with E-state index in [1.807, 2.05) is 0 Å². The van der Waals surface area contributed by atoms with Gasteiger partial charge in [0.05, 0.1) is 0 Å². The van der Waals surface area contributed by atoms with Gasteiger partial charge in [-0.1, -0.05) is 30.3 Å². The summed E-state index contributed by atoms with van der Waals surface area (Å²) in [6.45, 7) is 0.369. The van der Waals surface area contributed by atoms with Gasteiger partial charge in [0.15, 0.2) is 5.69 Å². The van der Waals surface area contributed by atoms with E-state index in [2.05, 4.69) is 10.4 Å². The summed E-state index contributed by atoms with van der Waals surface area (Å²) in [5.41, 5.74) is 0.0540. The van der Waals surface area contributed by atoms with Crippen LogP contribution in [0.3, 0.4) is 0 Å². The molecule has 0 fully saturated rings. The number of carbonyl (C=O) groups is 2. The van der Waals surface area contributed by atoms with E-state index in [4.69, 9.17) is 5.11 Å². The van der Waals surface area contributed by atoms with Crippen LogP contribution in [0, 0.1) is 0 Å². The summed E-state index contributed by atoms with van der Waals surface area (Å²) < 4.78 is 28.6. The van der Waals surface area contributed by atoms with Gasteiger partial charge in [0.2, 0.25) is 5.91 Å². The number of hydrogen-bond acceptors (Lipinski definition) is 3. The fraction of sp³-hybridized carbons (Fsp3) is 0.267. The lowest BCUT2D eigenvalue weighted by molar-refractivity contribution is -0.126. The molecule has 0 saturated carbocycles. The Balaban J connectivity index is 2.10. The minimum atomic E-state index is -3.16. The standard InChI is InChI=1S/C15H15F2N3O3/c1-15(16,17)13(10-5-3-2-4-6-10)18-12(21)9-20-8-7-11(19-20)14(22)23/h2-8,13H,9H2,1H3,(H,18,21)(H,22,23). The molecule has 2 N–H and O–H groups in total. The monoisotopic (exact) mass is 323 g/mol. The van der Waals surface area contributed by atoms with Gasteiger partial charge in [0, 0.05) is 13.1 Å². The van der Waals surface area contributed by atoms with Crippen LogP contribution in [0.25, 0.3) is 0 Å². The third-order valence-electron chi connectivity index (χ3n) is 3.11. The molecule has 1 amide bonds. The van der Waals surface area contributed by atoms with E-state index in [0.717, 1.165) is 11.6 Å². The lowest BCUT2D eigenvalue weighted by atomic mass is 10.0. The first-order chi connectivity index (χ1) is 10.8. The molecule has 8 heteroatoms. The number of carboxylic acid groups (broad SMARTS) is 1. The third kappa shape index (κ3) is 4.35. The number of hydrogen-bond donors (Lipinski definition) is 2. The number of carbonyl (C=O) groups excluding carboxylic acids is 1. The van der Waals surface area contributed by atoms with Crippen LogP contribution in [0.15, 0.2) is 42.6 Å². The van der Waals surface area contributed by atoms with Gasteiger partial charge in [-0.3, -0.25) is 9.48 Å². The molecule has 1 aromatic carbocycles. The van der Waals surface area contributed by atoms with Crippen molar-refractivity contribution in [3.05, 3.63) is 53.9 Å². The highest BCUT2D eigenvalue weighted by Crippen LogP contribution is 2.30.